The number of hydrogen-bond acceptors (Lipinski definition) is 1. The molecular weight excluding hydrogens is 565 g/mol. The number of benzene rings is 3. The van der Waals surface area contributed by atoms with E-state index < -0.39 is 11.6 Å². The van der Waals surface area contributed by atoms with Gasteiger partial charge in [-0.05, 0) is 117 Å². The van der Waals surface area contributed by atoms with Crippen molar-refractivity contribution in [2.75, 3.05) is 6.61 Å². The van der Waals surface area contributed by atoms with Crippen molar-refractivity contribution in [2.45, 2.75) is 97.3 Å². The molecule has 0 heterocycles. The van der Waals surface area contributed by atoms with Crippen molar-refractivity contribution < 1.29 is 17.9 Å². The maximum Gasteiger partial charge on any atom is 0.201 e. The van der Waals surface area contributed by atoms with Gasteiger partial charge in [-0.1, -0.05) is 93.7 Å². The molecule has 240 valence electrons. The van der Waals surface area contributed by atoms with Crippen LogP contribution in [0, 0.1) is 35.2 Å². The average Bonchev–Trinajstić information content (AvgIpc) is 3.07. The quantitative estimate of drug-likeness (QED) is 0.137. The molecule has 0 amide bonds. The lowest BCUT2D eigenvalue weighted by molar-refractivity contribution is 0.212. The molecule has 1 atom stereocenters. The second kappa shape index (κ2) is 16.3. The minimum Gasteiger partial charge on any atom is -0.490 e. The number of rotatable bonds is 13. The summed E-state index contributed by atoms with van der Waals surface area (Å²) in [5, 5.41) is 0. The Hall–Kier alpha value is -3.27. The van der Waals surface area contributed by atoms with Crippen LogP contribution < -0.4 is 4.74 Å². The van der Waals surface area contributed by atoms with Crippen molar-refractivity contribution in [3.8, 4) is 28.0 Å². The molecule has 1 unspecified atom stereocenters. The summed E-state index contributed by atoms with van der Waals surface area (Å²) in [4.78, 5) is 0. The summed E-state index contributed by atoms with van der Waals surface area (Å²) in [5.41, 5.74) is 4.15. The Morgan fingerprint density at radius 1 is 0.711 bits per heavy atom. The molecule has 0 spiro atoms. The largest absolute Gasteiger partial charge is 0.490 e. The minimum absolute atomic E-state index is 0.0483. The summed E-state index contributed by atoms with van der Waals surface area (Å²) in [7, 11) is 0. The predicted molar refractivity (Wildman–Crippen MR) is 182 cm³/mol. The normalized spacial score (nSPS) is 20.4. The molecule has 0 N–H and O–H groups in total. The summed E-state index contributed by atoms with van der Waals surface area (Å²) < 4.78 is 50.8. The Bertz CT molecular complexity index is 1450. The first-order chi connectivity index (χ1) is 22.0. The number of hydrogen-bond donors (Lipinski definition) is 0. The molecular formula is C41H49F3O. The molecule has 3 aromatic carbocycles. The molecule has 0 radical (unpaired) electrons. The van der Waals surface area contributed by atoms with Gasteiger partial charge in [0, 0.05) is 11.1 Å². The number of allylic oxidation sites excluding steroid dienone is 4. The Labute approximate surface area is 268 Å². The molecule has 1 nitrogen and oxygen atoms in total. The first-order valence-electron chi connectivity index (χ1n) is 17.3. The third kappa shape index (κ3) is 8.51. The molecule has 2 aliphatic carbocycles. The van der Waals surface area contributed by atoms with Gasteiger partial charge in [0.2, 0.25) is 5.82 Å². The third-order valence-corrected chi connectivity index (χ3v) is 10.0. The van der Waals surface area contributed by atoms with Crippen molar-refractivity contribution >= 4 is 5.57 Å². The van der Waals surface area contributed by atoms with Crippen LogP contribution in [0.2, 0.25) is 0 Å². The van der Waals surface area contributed by atoms with Crippen LogP contribution in [0.1, 0.15) is 103 Å². The fourth-order valence-electron chi connectivity index (χ4n) is 7.34. The summed E-state index contributed by atoms with van der Waals surface area (Å²) in [6, 6.07) is 15.7. The van der Waals surface area contributed by atoms with Crippen molar-refractivity contribution in [1.29, 1.82) is 0 Å². The van der Waals surface area contributed by atoms with E-state index >= 15 is 8.78 Å². The van der Waals surface area contributed by atoms with Gasteiger partial charge in [-0.25, -0.2) is 8.78 Å². The highest BCUT2D eigenvalue weighted by molar-refractivity contribution is 5.74. The van der Waals surface area contributed by atoms with Gasteiger partial charge in [-0.3, -0.25) is 0 Å². The highest BCUT2D eigenvalue weighted by Crippen LogP contribution is 2.42. The van der Waals surface area contributed by atoms with E-state index in [4.69, 9.17) is 4.74 Å². The van der Waals surface area contributed by atoms with Gasteiger partial charge >= 0.3 is 0 Å². The van der Waals surface area contributed by atoms with E-state index in [1.807, 2.05) is 24.3 Å². The van der Waals surface area contributed by atoms with E-state index in [0.717, 1.165) is 67.1 Å². The highest BCUT2D eigenvalue weighted by Gasteiger charge is 2.28. The van der Waals surface area contributed by atoms with Crippen molar-refractivity contribution in [3.63, 3.8) is 0 Å². The van der Waals surface area contributed by atoms with Crippen molar-refractivity contribution in [2.24, 2.45) is 17.8 Å². The molecule has 1 fully saturated rings. The fraction of sp³-hybridized carbons (Fsp3) is 0.463. The molecule has 2 aliphatic rings. The minimum atomic E-state index is -0.958. The van der Waals surface area contributed by atoms with Crippen LogP contribution in [0.5, 0.6) is 5.75 Å². The van der Waals surface area contributed by atoms with E-state index in [0.29, 0.717) is 23.7 Å². The van der Waals surface area contributed by atoms with Gasteiger partial charge in [-0.2, -0.15) is 4.39 Å². The highest BCUT2D eigenvalue weighted by atomic mass is 19.2. The first kappa shape index (κ1) is 33.1. The summed E-state index contributed by atoms with van der Waals surface area (Å²) in [6.45, 7) is 4.67. The van der Waals surface area contributed by atoms with E-state index in [-0.39, 0.29) is 17.1 Å². The predicted octanol–water partition coefficient (Wildman–Crippen LogP) is 12.7. The lowest BCUT2D eigenvalue weighted by Gasteiger charge is -2.35. The van der Waals surface area contributed by atoms with Crippen molar-refractivity contribution in [3.05, 3.63) is 95.8 Å². The van der Waals surface area contributed by atoms with Gasteiger partial charge < -0.3 is 4.74 Å². The van der Waals surface area contributed by atoms with Crippen LogP contribution in [-0.2, 0) is 0 Å². The molecule has 4 heteroatoms. The smallest absolute Gasteiger partial charge is 0.201 e. The Balaban J connectivity index is 1.18. The zero-order valence-corrected chi connectivity index (χ0v) is 27.1. The van der Waals surface area contributed by atoms with Gasteiger partial charge in [0.05, 0.1) is 6.61 Å². The summed E-state index contributed by atoms with van der Waals surface area (Å²) in [6.07, 6.45) is 21.8. The first-order valence-corrected chi connectivity index (χ1v) is 17.3. The van der Waals surface area contributed by atoms with Gasteiger partial charge in [0.1, 0.15) is 5.82 Å². The Morgan fingerprint density at radius 2 is 1.40 bits per heavy atom. The van der Waals surface area contributed by atoms with Crippen LogP contribution in [-0.4, -0.2) is 6.61 Å². The second-order valence-electron chi connectivity index (χ2n) is 13.1. The maximum absolute atomic E-state index is 15.4. The second-order valence-corrected chi connectivity index (χ2v) is 13.1. The number of ether oxygens (including phenoxy) is 1. The fourth-order valence-corrected chi connectivity index (χ4v) is 7.34. The molecule has 1 saturated carbocycles. The Morgan fingerprint density at radius 3 is 2.09 bits per heavy atom. The monoisotopic (exact) mass is 614 g/mol. The van der Waals surface area contributed by atoms with E-state index in [1.54, 1.807) is 24.3 Å². The molecule has 0 saturated heterocycles. The maximum atomic E-state index is 15.4. The lowest BCUT2D eigenvalue weighted by atomic mass is 9.71. The molecule has 5 rings (SSSR count). The van der Waals surface area contributed by atoms with Crippen LogP contribution >= 0.6 is 0 Å². The molecule has 45 heavy (non-hydrogen) atoms. The number of unbranched alkanes of at least 4 members (excludes halogenated alkanes) is 5. The number of halogens is 3. The molecule has 0 aliphatic heterocycles. The molecule has 0 bridgehead atoms. The van der Waals surface area contributed by atoms with Crippen LogP contribution in [0.3, 0.4) is 0 Å². The molecule has 3 aromatic rings. The van der Waals surface area contributed by atoms with Gasteiger partial charge in [-0.15, -0.1) is 0 Å². The SMILES string of the molecule is CC=CC1CCC(C2CC=C(c3ccc(-c4ccc(-c5ccc(OCCCCCCCC)c(F)c5F)cc4)cc3F)CC2)CC1. The van der Waals surface area contributed by atoms with E-state index in [1.165, 1.54) is 51.0 Å². The van der Waals surface area contributed by atoms with E-state index in [9.17, 15) is 4.39 Å². The standard InChI is InChI=1S/C41H49F3O/c1-3-5-6-7-8-9-27-45-39-26-25-37(40(43)41(39)44)34-21-17-32(18-22-34)35-23-24-36(38(42)28-35)33-19-15-31(16-20-33)30-13-11-29(10-4-2)12-14-30/h4,10,17-19,21-26,28-31H,3,5-9,11-16,20,27H2,1-2H3. The van der Waals surface area contributed by atoms with Gasteiger partial charge in [0.15, 0.2) is 11.6 Å². The summed E-state index contributed by atoms with van der Waals surface area (Å²) in [5.74, 6) is 0.132. The zero-order chi connectivity index (χ0) is 31.6. The van der Waals surface area contributed by atoms with E-state index in [2.05, 4.69) is 32.1 Å². The average molecular weight is 615 g/mol. The third-order valence-electron chi connectivity index (χ3n) is 10.0. The Kier molecular flexibility index (Phi) is 12.0. The summed E-state index contributed by atoms with van der Waals surface area (Å²) >= 11 is 0. The van der Waals surface area contributed by atoms with Crippen molar-refractivity contribution in [1.82, 2.24) is 0 Å². The topological polar surface area (TPSA) is 9.23 Å². The van der Waals surface area contributed by atoms with Crippen LogP contribution in [0.4, 0.5) is 13.2 Å². The zero-order valence-electron chi connectivity index (χ0n) is 27.1. The molecule has 0 aromatic heterocycles. The van der Waals surface area contributed by atoms with Crippen LogP contribution in [0.25, 0.3) is 27.8 Å². The van der Waals surface area contributed by atoms with Gasteiger partial charge in [0.25, 0.3) is 0 Å². The lowest BCUT2D eigenvalue weighted by Crippen LogP contribution is -2.22. The van der Waals surface area contributed by atoms with Crippen LogP contribution in [0.15, 0.2) is 72.8 Å².